The molecule has 0 aliphatic carbocycles. The average Bonchev–Trinajstić information content (AvgIpc) is 2.64. The average molecular weight is 370 g/mol. The van der Waals surface area contributed by atoms with Crippen molar-refractivity contribution in [1.29, 1.82) is 5.26 Å². The molecule has 0 aliphatic heterocycles. The van der Waals surface area contributed by atoms with Crippen LogP contribution in [-0.4, -0.2) is 21.6 Å². The lowest BCUT2D eigenvalue weighted by Crippen LogP contribution is -2.25. The Bertz CT molecular complexity index is 1090. The summed E-state index contributed by atoms with van der Waals surface area (Å²) < 4.78 is 6.67. The molecular weight excluding hydrogens is 354 g/mol. The second-order valence-corrected chi connectivity index (χ2v) is 6.20. The van der Waals surface area contributed by atoms with Gasteiger partial charge in [0, 0.05) is 23.0 Å². The number of methoxy groups -OCH3 is 1. The maximum Gasteiger partial charge on any atom is 0.256 e. The molecule has 0 saturated carbocycles. The highest BCUT2D eigenvalue weighted by molar-refractivity contribution is 6.31. The van der Waals surface area contributed by atoms with Crippen LogP contribution in [0.3, 0.4) is 0 Å². The molecule has 7 nitrogen and oxygen atoms in total. The van der Waals surface area contributed by atoms with Crippen molar-refractivity contribution in [3.8, 4) is 11.9 Å². The quantitative estimate of drug-likeness (QED) is 0.759. The topological polar surface area (TPSA) is 92.8 Å². The first kappa shape index (κ1) is 17.7. The summed E-state index contributed by atoms with van der Waals surface area (Å²) in [7, 11) is 3.15. The first-order valence-corrected chi connectivity index (χ1v) is 8.19. The molecule has 0 aliphatic rings. The number of rotatable bonds is 4. The minimum Gasteiger partial charge on any atom is -0.480 e. The van der Waals surface area contributed by atoms with E-state index in [0.29, 0.717) is 10.6 Å². The third kappa shape index (κ3) is 3.19. The summed E-state index contributed by atoms with van der Waals surface area (Å²) in [5.41, 5.74) is 1.46. The summed E-state index contributed by atoms with van der Waals surface area (Å²) in [6.45, 7) is 1.83. The predicted octanol–water partition coefficient (Wildman–Crippen LogP) is 3.04. The molecule has 1 aromatic carbocycles. The number of benzene rings is 1. The number of fused-ring (bicyclic) bond motifs is 1. The summed E-state index contributed by atoms with van der Waals surface area (Å²) in [4.78, 5) is 21.0. The fourth-order valence-corrected chi connectivity index (χ4v) is 2.91. The number of nitriles is 1. The van der Waals surface area contributed by atoms with Gasteiger partial charge >= 0.3 is 0 Å². The van der Waals surface area contributed by atoms with Gasteiger partial charge in [0.15, 0.2) is 0 Å². The number of nitrogens with one attached hydrogen (secondary N) is 1. The van der Waals surface area contributed by atoms with E-state index in [0.717, 1.165) is 10.9 Å². The summed E-state index contributed by atoms with van der Waals surface area (Å²) in [5.74, 6) is 0.442. The molecule has 2 heterocycles. The number of pyridine rings is 1. The molecule has 1 N–H and O–H groups in total. The van der Waals surface area contributed by atoms with Gasteiger partial charge in [-0.25, -0.2) is 4.98 Å². The second kappa shape index (κ2) is 7.02. The minimum absolute atomic E-state index is 0.125. The normalized spacial score (nSPS) is 11.8. The van der Waals surface area contributed by atoms with Gasteiger partial charge in [-0.2, -0.15) is 10.2 Å². The minimum atomic E-state index is -0.366. The maximum absolute atomic E-state index is 12.7. The molecule has 3 aromatic rings. The summed E-state index contributed by atoms with van der Waals surface area (Å²) in [6, 6.07) is 8.78. The number of anilines is 1. The van der Waals surface area contributed by atoms with Crippen LogP contribution in [-0.2, 0) is 7.05 Å². The van der Waals surface area contributed by atoms with E-state index in [1.54, 1.807) is 17.7 Å². The van der Waals surface area contributed by atoms with Crippen molar-refractivity contribution < 1.29 is 4.74 Å². The molecular formula is C18H16ClN5O2. The molecule has 0 spiro atoms. The number of aryl methyl sites for hydroxylation is 1. The Morgan fingerprint density at radius 1 is 1.38 bits per heavy atom. The summed E-state index contributed by atoms with van der Waals surface area (Å²) in [5, 5.41) is 13.5. The van der Waals surface area contributed by atoms with Crippen molar-refractivity contribution in [2.24, 2.45) is 7.05 Å². The first-order valence-electron chi connectivity index (χ1n) is 7.81. The highest BCUT2D eigenvalue weighted by Crippen LogP contribution is 2.23. The Labute approximate surface area is 154 Å². The van der Waals surface area contributed by atoms with Gasteiger partial charge in [0.2, 0.25) is 11.8 Å². The number of hydrogen-bond donors (Lipinski definition) is 1. The Morgan fingerprint density at radius 2 is 2.15 bits per heavy atom. The van der Waals surface area contributed by atoms with Crippen LogP contribution in [0.4, 0.5) is 5.95 Å². The predicted molar refractivity (Wildman–Crippen MR) is 99.5 cm³/mol. The van der Waals surface area contributed by atoms with E-state index in [-0.39, 0.29) is 29.0 Å². The first-order chi connectivity index (χ1) is 12.4. The SMILES string of the molecule is COc1nc(N[C@@H](C)c2cc3cc(Cl)ccc3n(C)c2=O)ncc1C#N. The number of aromatic nitrogens is 3. The molecule has 2 aromatic heterocycles. The Kier molecular flexibility index (Phi) is 4.78. The Balaban J connectivity index is 2.00. The molecule has 132 valence electrons. The van der Waals surface area contributed by atoms with Gasteiger partial charge in [0.25, 0.3) is 5.56 Å². The van der Waals surface area contributed by atoms with Crippen LogP contribution in [0.5, 0.6) is 5.88 Å². The van der Waals surface area contributed by atoms with Crippen molar-refractivity contribution in [3.05, 3.63) is 57.0 Å². The molecule has 0 bridgehead atoms. The molecule has 0 unspecified atom stereocenters. The number of nitrogens with zero attached hydrogens (tertiary/aromatic N) is 4. The van der Waals surface area contributed by atoms with Crippen molar-refractivity contribution in [3.63, 3.8) is 0 Å². The molecule has 0 radical (unpaired) electrons. The molecule has 3 rings (SSSR count). The zero-order valence-electron chi connectivity index (χ0n) is 14.4. The van der Waals surface area contributed by atoms with Crippen LogP contribution < -0.4 is 15.6 Å². The Hall–Kier alpha value is -3.11. The maximum atomic E-state index is 12.7. The molecule has 1 atom stereocenters. The fourth-order valence-electron chi connectivity index (χ4n) is 2.73. The van der Waals surface area contributed by atoms with E-state index in [2.05, 4.69) is 15.3 Å². The third-order valence-corrected chi connectivity index (χ3v) is 4.33. The van der Waals surface area contributed by atoms with E-state index in [1.165, 1.54) is 13.3 Å². The molecule has 0 amide bonds. The summed E-state index contributed by atoms with van der Waals surface area (Å²) in [6.07, 6.45) is 1.37. The number of halogens is 1. The largest absolute Gasteiger partial charge is 0.480 e. The molecule has 0 saturated heterocycles. The standard InChI is InChI=1S/C18H16ClN5O2/c1-10(22-18-21-9-12(8-20)16(23-18)26-3)14-7-11-6-13(19)4-5-15(11)24(2)17(14)25/h4-7,9-10H,1-3H3,(H,21,22,23)/t10-/m0/s1. The highest BCUT2D eigenvalue weighted by Gasteiger charge is 2.16. The zero-order chi connectivity index (χ0) is 18.8. The lowest BCUT2D eigenvalue weighted by molar-refractivity contribution is 0.396. The van der Waals surface area contributed by atoms with E-state index in [1.807, 2.05) is 31.2 Å². The van der Waals surface area contributed by atoms with Gasteiger partial charge in [-0.1, -0.05) is 11.6 Å². The van der Waals surface area contributed by atoms with Crippen LogP contribution in [0, 0.1) is 11.3 Å². The molecule has 0 fully saturated rings. The van der Waals surface area contributed by atoms with Crippen molar-refractivity contribution in [1.82, 2.24) is 14.5 Å². The van der Waals surface area contributed by atoms with Crippen LogP contribution >= 0.6 is 11.6 Å². The van der Waals surface area contributed by atoms with Crippen molar-refractivity contribution >= 4 is 28.5 Å². The van der Waals surface area contributed by atoms with Crippen LogP contribution in [0.1, 0.15) is 24.1 Å². The lowest BCUT2D eigenvalue weighted by atomic mass is 10.1. The number of ether oxygens (including phenoxy) is 1. The number of hydrogen-bond acceptors (Lipinski definition) is 6. The van der Waals surface area contributed by atoms with Crippen LogP contribution in [0.15, 0.2) is 35.3 Å². The van der Waals surface area contributed by atoms with Gasteiger partial charge < -0.3 is 14.6 Å². The fraction of sp³-hybridized carbons (Fsp3) is 0.222. The van der Waals surface area contributed by atoms with Crippen molar-refractivity contribution in [2.75, 3.05) is 12.4 Å². The van der Waals surface area contributed by atoms with Gasteiger partial charge in [-0.05, 0) is 31.2 Å². The van der Waals surface area contributed by atoms with Gasteiger partial charge in [0.1, 0.15) is 11.6 Å². The van der Waals surface area contributed by atoms with Crippen molar-refractivity contribution in [2.45, 2.75) is 13.0 Å². The van der Waals surface area contributed by atoms with Crippen LogP contribution in [0.25, 0.3) is 10.9 Å². The lowest BCUT2D eigenvalue weighted by Gasteiger charge is -2.16. The van der Waals surface area contributed by atoms with Gasteiger partial charge in [-0.3, -0.25) is 4.79 Å². The highest BCUT2D eigenvalue weighted by atomic mass is 35.5. The zero-order valence-corrected chi connectivity index (χ0v) is 15.2. The van der Waals surface area contributed by atoms with E-state index < -0.39 is 0 Å². The van der Waals surface area contributed by atoms with E-state index in [4.69, 9.17) is 21.6 Å². The third-order valence-electron chi connectivity index (χ3n) is 4.09. The van der Waals surface area contributed by atoms with Gasteiger partial charge in [0.05, 0.1) is 24.9 Å². The van der Waals surface area contributed by atoms with E-state index in [9.17, 15) is 4.79 Å². The van der Waals surface area contributed by atoms with Crippen LogP contribution in [0.2, 0.25) is 5.02 Å². The molecule has 26 heavy (non-hydrogen) atoms. The Morgan fingerprint density at radius 3 is 2.85 bits per heavy atom. The second-order valence-electron chi connectivity index (χ2n) is 5.76. The van der Waals surface area contributed by atoms with E-state index >= 15 is 0 Å². The molecule has 8 heteroatoms. The van der Waals surface area contributed by atoms with Gasteiger partial charge in [-0.15, -0.1) is 0 Å². The monoisotopic (exact) mass is 369 g/mol. The summed E-state index contributed by atoms with van der Waals surface area (Å²) >= 11 is 6.07. The smallest absolute Gasteiger partial charge is 0.256 e.